The third kappa shape index (κ3) is 4.11. The van der Waals surface area contributed by atoms with Crippen molar-refractivity contribution in [1.29, 1.82) is 0 Å². The van der Waals surface area contributed by atoms with Crippen LogP contribution in [0.25, 0.3) is 20.5 Å². The van der Waals surface area contributed by atoms with Gasteiger partial charge in [0.1, 0.15) is 5.75 Å². The minimum absolute atomic E-state index is 0.146. The molecule has 0 aliphatic heterocycles. The van der Waals surface area contributed by atoms with Gasteiger partial charge in [-0.1, -0.05) is 24.3 Å². The van der Waals surface area contributed by atoms with Gasteiger partial charge in [-0.15, -0.1) is 11.3 Å². The lowest BCUT2D eigenvalue weighted by molar-refractivity contribution is 0.201. The Labute approximate surface area is 185 Å². The van der Waals surface area contributed by atoms with Crippen LogP contribution < -0.4 is 9.64 Å². The molecule has 0 radical (unpaired) electrons. The Kier molecular flexibility index (Phi) is 5.65. The molecule has 31 heavy (non-hydrogen) atoms. The maximum absolute atomic E-state index is 12.2. The zero-order valence-electron chi connectivity index (χ0n) is 18.0. The van der Waals surface area contributed by atoms with Crippen LogP contribution in [0.5, 0.6) is 5.75 Å². The first-order valence-corrected chi connectivity index (χ1v) is 10.8. The molecule has 6 heteroatoms. The standard InChI is InChI=1S/C25H24N2O3S/c1-15-9-19(23-12-18-7-5-6-8-22(18)31-23)11-20(10-15)27(25(28)29)14-21-17(3)24(30-4)16(2)13-26-21/h5-13H,14H2,1-4H3,(H,28,29). The molecule has 158 valence electrons. The first-order valence-electron chi connectivity index (χ1n) is 9.97. The highest BCUT2D eigenvalue weighted by Gasteiger charge is 2.20. The smallest absolute Gasteiger partial charge is 0.412 e. The number of methoxy groups -OCH3 is 1. The number of amides is 1. The highest BCUT2D eigenvalue weighted by molar-refractivity contribution is 7.22. The van der Waals surface area contributed by atoms with Crippen LogP contribution in [0.15, 0.2) is 54.7 Å². The molecule has 2 aromatic heterocycles. The van der Waals surface area contributed by atoms with Crippen molar-refractivity contribution in [3.8, 4) is 16.2 Å². The molecule has 4 rings (SSSR count). The van der Waals surface area contributed by atoms with Gasteiger partial charge in [0.2, 0.25) is 0 Å². The number of pyridine rings is 1. The predicted octanol–water partition coefficient (Wildman–Crippen LogP) is 6.58. The van der Waals surface area contributed by atoms with Crippen LogP contribution in [-0.2, 0) is 6.54 Å². The van der Waals surface area contributed by atoms with Crippen molar-refractivity contribution in [3.63, 3.8) is 0 Å². The number of benzene rings is 2. The maximum Gasteiger partial charge on any atom is 0.412 e. The fourth-order valence-corrected chi connectivity index (χ4v) is 4.88. The normalized spacial score (nSPS) is 11.0. The molecule has 2 heterocycles. The summed E-state index contributed by atoms with van der Waals surface area (Å²) in [5.74, 6) is 0.741. The van der Waals surface area contributed by atoms with Gasteiger partial charge in [0, 0.05) is 32.6 Å². The minimum atomic E-state index is -1.02. The molecule has 0 aliphatic carbocycles. The molecule has 0 bridgehead atoms. The summed E-state index contributed by atoms with van der Waals surface area (Å²) in [7, 11) is 1.62. The average molecular weight is 433 g/mol. The van der Waals surface area contributed by atoms with E-state index in [0.717, 1.165) is 32.9 Å². The van der Waals surface area contributed by atoms with Gasteiger partial charge in [-0.25, -0.2) is 4.79 Å². The Balaban J connectivity index is 1.75. The third-order valence-electron chi connectivity index (χ3n) is 5.37. The van der Waals surface area contributed by atoms with E-state index in [1.165, 1.54) is 15.0 Å². The number of aromatic nitrogens is 1. The van der Waals surface area contributed by atoms with Crippen molar-refractivity contribution in [2.45, 2.75) is 27.3 Å². The van der Waals surface area contributed by atoms with Crippen molar-refractivity contribution >= 4 is 33.2 Å². The summed E-state index contributed by atoms with van der Waals surface area (Å²) < 4.78 is 6.69. The van der Waals surface area contributed by atoms with Crippen molar-refractivity contribution < 1.29 is 14.6 Å². The second-order valence-corrected chi connectivity index (χ2v) is 8.70. The first-order chi connectivity index (χ1) is 14.9. The van der Waals surface area contributed by atoms with Gasteiger partial charge >= 0.3 is 6.09 Å². The molecule has 0 unspecified atom stereocenters. The zero-order chi connectivity index (χ0) is 22.1. The number of thiophene rings is 1. The Morgan fingerprint density at radius 3 is 2.61 bits per heavy atom. The molecule has 0 fully saturated rings. The van der Waals surface area contributed by atoms with Gasteiger partial charge in [-0.05, 0) is 61.5 Å². The number of hydrogen-bond donors (Lipinski definition) is 1. The van der Waals surface area contributed by atoms with E-state index in [1.54, 1.807) is 24.6 Å². The molecular formula is C25H24N2O3S. The summed E-state index contributed by atoms with van der Waals surface area (Å²) in [6.07, 6.45) is 0.703. The number of ether oxygens (including phenoxy) is 1. The monoisotopic (exact) mass is 432 g/mol. The minimum Gasteiger partial charge on any atom is -0.496 e. The summed E-state index contributed by atoms with van der Waals surface area (Å²) in [6.45, 7) is 5.97. The lowest BCUT2D eigenvalue weighted by Crippen LogP contribution is -2.29. The molecule has 2 aromatic carbocycles. The second kappa shape index (κ2) is 8.40. The summed E-state index contributed by atoms with van der Waals surface area (Å²) in [5, 5.41) is 11.2. The number of aryl methyl sites for hydroxylation is 2. The van der Waals surface area contributed by atoms with Gasteiger partial charge in [0.05, 0.1) is 19.3 Å². The van der Waals surface area contributed by atoms with Crippen LogP contribution in [0.3, 0.4) is 0 Å². The van der Waals surface area contributed by atoms with Crippen LogP contribution >= 0.6 is 11.3 Å². The number of fused-ring (bicyclic) bond motifs is 1. The van der Waals surface area contributed by atoms with Gasteiger partial charge in [-0.2, -0.15) is 0 Å². The quantitative estimate of drug-likeness (QED) is 0.387. The van der Waals surface area contributed by atoms with Crippen LogP contribution in [-0.4, -0.2) is 23.3 Å². The number of rotatable bonds is 5. The van der Waals surface area contributed by atoms with E-state index in [1.807, 2.05) is 45.0 Å². The van der Waals surface area contributed by atoms with Gasteiger partial charge in [0.15, 0.2) is 0 Å². The van der Waals surface area contributed by atoms with Gasteiger partial charge in [0.25, 0.3) is 0 Å². The molecule has 0 saturated carbocycles. The fourth-order valence-electron chi connectivity index (χ4n) is 3.83. The molecule has 1 amide bonds. The van der Waals surface area contributed by atoms with Crippen molar-refractivity contribution in [3.05, 3.63) is 77.1 Å². The lowest BCUT2D eigenvalue weighted by atomic mass is 10.1. The number of nitrogens with zero attached hydrogens (tertiary/aromatic N) is 2. The van der Waals surface area contributed by atoms with E-state index in [4.69, 9.17) is 4.74 Å². The zero-order valence-corrected chi connectivity index (χ0v) is 18.8. The topological polar surface area (TPSA) is 62.7 Å². The number of hydrogen-bond acceptors (Lipinski definition) is 4. The third-order valence-corrected chi connectivity index (χ3v) is 6.54. The van der Waals surface area contributed by atoms with Gasteiger partial charge < -0.3 is 9.84 Å². The van der Waals surface area contributed by atoms with E-state index in [-0.39, 0.29) is 6.54 Å². The number of carbonyl (C=O) groups is 1. The average Bonchev–Trinajstić information content (AvgIpc) is 3.17. The summed E-state index contributed by atoms with van der Waals surface area (Å²) in [4.78, 5) is 19.1. The summed E-state index contributed by atoms with van der Waals surface area (Å²) in [5.41, 5.74) is 5.09. The highest BCUT2D eigenvalue weighted by Crippen LogP contribution is 2.36. The van der Waals surface area contributed by atoms with E-state index in [0.29, 0.717) is 11.4 Å². The first kappa shape index (κ1) is 20.9. The molecule has 4 aromatic rings. The Hall–Kier alpha value is -3.38. The van der Waals surface area contributed by atoms with Crippen LogP contribution in [0.2, 0.25) is 0 Å². The number of anilines is 1. The highest BCUT2D eigenvalue weighted by atomic mass is 32.1. The molecule has 0 saturated heterocycles. The van der Waals surface area contributed by atoms with Gasteiger partial charge in [-0.3, -0.25) is 9.88 Å². The van der Waals surface area contributed by atoms with E-state index in [2.05, 4.69) is 29.2 Å². The Morgan fingerprint density at radius 1 is 1.13 bits per heavy atom. The Morgan fingerprint density at radius 2 is 1.90 bits per heavy atom. The molecule has 0 atom stereocenters. The maximum atomic E-state index is 12.2. The van der Waals surface area contributed by atoms with E-state index < -0.39 is 6.09 Å². The second-order valence-electron chi connectivity index (χ2n) is 7.62. The molecular weight excluding hydrogens is 408 g/mol. The molecule has 0 spiro atoms. The van der Waals surface area contributed by atoms with Crippen molar-refractivity contribution in [2.24, 2.45) is 0 Å². The van der Waals surface area contributed by atoms with E-state index in [9.17, 15) is 9.90 Å². The van der Waals surface area contributed by atoms with E-state index >= 15 is 0 Å². The predicted molar refractivity (Wildman–Crippen MR) is 126 cm³/mol. The molecule has 0 aliphatic rings. The SMILES string of the molecule is COc1c(C)cnc(CN(C(=O)O)c2cc(C)cc(-c3cc4ccccc4s3)c2)c1C. The Bertz CT molecular complexity index is 1250. The number of carboxylic acid groups (broad SMARTS) is 1. The van der Waals surface area contributed by atoms with Crippen LogP contribution in [0, 0.1) is 20.8 Å². The van der Waals surface area contributed by atoms with Crippen LogP contribution in [0.4, 0.5) is 10.5 Å². The van der Waals surface area contributed by atoms with Crippen molar-refractivity contribution in [2.75, 3.05) is 12.0 Å². The summed E-state index contributed by atoms with van der Waals surface area (Å²) in [6, 6.07) is 16.3. The lowest BCUT2D eigenvalue weighted by Gasteiger charge is -2.22. The fraction of sp³-hybridized carbons (Fsp3) is 0.200. The molecule has 1 N–H and O–H groups in total. The largest absolute Gasteiger partial charge is 0.496 e. The van der Waals surface area contributed by atoms with Crippen LogP contribution in [0.1, 0.15) is 22.4 Å². The van der Waals surface area contributed by atoms with Crippen molar-refractivity contribution in [1.82, 2.24) is 4.98 Å². The summed E-state index contributed by atoms with van der Waals surface area (Å²) >= 11 is 1.71. The molecule has 5 nitrogen and oxygen atoms in total.